The Morgan fingerprint density at radius 3 is 2.55 bits per heavy atom. The number of halogens is 1. The maximum absolute atomic E-state index is 13.1. The van der Waals surface area contributed by atoms with Gasteiger partial charge in [0, 0.05) is 29.4 Å². The van der Waals surface area contributed by atoms with E-state index in [4.69, 9.17) is 4.98 Å². The number of rotatable bonds is 6. The van der Waals surface area contributed by atoms with E-state index < -0.39 is 0 Å². The van der Waals surface area contributed by atoms with Crippen molar-refractivity contribution in [1.82, 2.24) is 9.97 Å². The molecular weight excluding hydrogens is 361 g/mol. The van der Waals surface area contributed by atoms with Crippen LogP contribution < -0.4 is 4.98 Å². The zero-order valence-electron chi connectivity index (χ0n) is 17.6. The van der Waals surface area contributed by atoms with Crippen molar-refractivity contribution in [3.63, 3.8) is 0 Å². The fourth-order valence-corrected chi connectivity index (χ4v) is 4.48. The van der Waals surface area contributed by atoms with E-state index in [-0.39, 0.29) is 5.82 Å². The average molecular weight is 393 g/mol. The predicted octanol–water partition coefficient (Wildman–Crippen LogP) is 6.06. The van der Waals surface area contributed by atoms with Crippen molar-refractivity contribution in [3.05, 3.63) is 71.7 Å². The van der Waals surface area contributed by atoms with Gasteiger partial charge in [0.15, 0.2) is 5.82 Å². The summed E-state index contributed by atoms with van der Waals surface area (Å²) in [6, 6.07) is 12.0. The van der Waals surface area contributed by atoms with Gasteiger partial charge in [-0.25, -0.2) is 14.4 Å². The van der Waals surface area contributed by atoms with Gasteiger partial charge in [0.1, 0.15) is 5.82 Å². The van der Waals surface area contributed by atoms with Crippen LogP contribution in [0.2, 0.25) is 0 Å². The number of aromatic amines is 2. The van der Waals surface area contributed by atoms with Gasteiger partial charge in [-0.3, -0.25) is 0 Å². The maximum Gasteiger partial charge on any atom is 0.210 e. The number of benzene rings is 1. The molecule has 0 aliphatic heterocycles. The summed E-state index contributed by atoms with van der Waals surface area (Å²) in [6.45, 7) is 6.87. The van der Waals surface area contributed by atoms with E-state index in [2.05, 4.69) is 55.0 Å². The lowest BCUT2D eigenvalue weighted by Crippen LogP contribution is -2.13. The Kier molecular flexibility index (Phi) is 5.53. The second-order valence-corrected chi connectivity index (χ2v) is 9.17. The van der Waals surface area contributed by atoms with Crippen LogP contribution in [0.15, 0.2) is 48.8 Å². The third-order valence-corrected chi connectivity index (χ3v) is 6.57. The zero-order valence-corrected chi connectivity index (χ0v) is 17.6. The van der Waals surface area contributed by atoms with Crippen molar-refractivity contribution < 1.29 is 9.37 Å². The minimum atomic E-state index is -0.251. The van der Waals surface area contributed by atoms with Crippen LogP contribution in [0.1, 0.15) is 75.4 Å². The quantitative estimate of drug-likeness (QED) is 0.544. The monoisotopic (exact) mass is 392 g/mol. The first-order valence-corrected chi connectivity index (χ1v) is 10.8. The molecule has 0 spiro atoms. The maximum atomic E-state index is 13.1. The number of nitrogens with zero attached hydrogens (tertiary/aromatic N) is 1. The minimum absolute atomic E-state index is 0.251. The summed E-state index contributed by atoms with van der Waals surface area (Å²) in [7, 11) is 0. The fraction of sp³-hybridized carbons (Fsp3) is 0.440. The number of pyridine rings is 1. The van der Waals surface area contributed by atoms with Crippen LogP contribution in [-0.4, -0.2) is 9.97 Å². The average Bonchev–Trinajstić information content (AvgIpc) is 3.38. The first kappa shape index (κ1) is 19.8. The van der Waals surface area contributed by atoms with Gasteiger partial charge in [-0.05, 0) is 54.4 Å². The van der Waals surface area contributed by atoms with E-state index in [9.17, 15) is 4.39 Å². The van der Waals surface area contributed by atoms with E-state index in [1.807, 2.05) is 6.20 Å². The lowest BCUT2D eigenvalue weighted by atomic mass is 9.85. The van der Waals surface area contributed by atoms with Gasteiger partial charge in [0.05, 0.1) is 0 Å². The van der Waals surface area contributed by atoms with Gasteiger partial charge in [0.25, 0.3) is 0 Å². The second kappa shape index (κ2) is 8.10. The molecule has 2 N–H and O–H groups in total. The molecule has 1 aliphatic rings. The molecule has 29 heavy (non-hydrogen) atoms. The van der Waals surface area contributed by atoms with E-state index >= 15 is 0 Å². The van der Waals surface area contributed by atoms with Crippen molar-refractivity contribution in [1.29, 1.82) is 0 Å². The SMILES string of the molecule is CCC(C)(C)Cc1cnc([C@@H]2CCC[C@@H]2c2ccc(-c3ccc(F)c[nH+]3)cc2)[nH]1. The highest BCUT2D eigenvalue weighted by molar-refractivity contribution is 5.56. The van der Waals surface area contributed by atoms with Crippen molar-refractivity contribution in [2.24, 2.45) is 5.41 Å². The van der Waals surface area contributed by atoms with Crippen LogP contribution in [0.5, 0.6) is 0 Å². The third-order valence-electron chi connectivity index (χ3n) is 6.57. The largest absolute Gasteiger partial charge is 0.346 e. The molecule has 0 amide bonds. The molecule has 2 atom stereocenters. The lowest BCUT2D eigenvalue weighted by molar-refractivity contribution is -0.367. The summed E-state index contributed by atoms with van der Waals surface area (Å²) in [5.41, 5.74) is 4.91. The molecule has 1 aromatic carbocycles. The smallest absolute Gasteiger partial charge is 0.210 e. The molecule has 0 saturated heterocycles. The Hall–Kier alpha value is -2.49. The van der Waals surface area contributed by atoms with Crippen LogP contribution >= 0.6 is 0 Å². The van der Waals surface area contributed by atoms with Crippen LogP contribution in [0.3, 0.4) is 0 Å². The molecule has 1 fully saturated rings. The van der Waals surface area contributed by atoms with Gasteiger partial charge in [0.2, 0.25) is 11.9 Å². The van der Waals surface area contributed by atoms with Crippen molar-refractivity contribution in [2.45, 2.75) is 64.7 Å². The number of hydrogen-bond donors (Lipinski definition) is 1. The number of imidazole rings is 1. The van der Waals surface area contributed by atoms with Crippen LogP contribution in [0.25, 0.3) is 11.3 Å². The number of aromatic nitrogens is 3. The highest BCUT2D eigenvalue weighted by atomic mass is 19.1. The third kappa shape index (κ3) is 4.42. The predicted molar refractivity (Wildman–Crippen MR) is 114 cm³/mol. The summed E-state index contributed by atoms with van der Waals surface area (Å²) >= 11 is 0. The normalized spacial score (nSPS) is 19.6. The van der Waals surface area contributed by atoms with E-state index in [0.717, 1.165) is 29.9 Å². The summed E-state index contributed by atoms with van der Waals surface area (Å²) in [4.78, 5) is 11.4. The first-order valence-electron chi connectivity index (χ1n) is 10.8. The minimum Gasteiger partial charge on any atom is -0.346 e. The molecular formula is C25H31FN3+. The van der Waals surface area contributed by atoms with Gasteiger partial charge in [-0.2, -0.15) is 0 Å². The Morgan fingerprint density at radius 2 is 1.86 bits per heavy atom. The zero-order chi connectivity index (χ0) is 20.4. The van der Waals surface area contributed by atoms with Gasteiger partial charge < -0.3 is 4.98 Å². The molecule has 4 rings (SSSR count). The van der Waals surface area contributed by atoms with E-state index in [0.29, 0.717) is 17.3 Å². The van der Waals surface area contributed by atoms with Crippen LogP contribution in [-0.2, 0) is 6.42 Å². The molecule has 3 nitrogen and oxygen atoms in total. The molecule has 3 aromatic rings. The standard InChI is InChI=1S/C25H30FN3/c1-4-25(2,3)14-20-16-28-24(29-20)22-7-5-6-21(22)17-8-10-18(11-9-17)23-13-12-19(26)15-27-23/h8-13,15-16,21-22H,4-7,14H2,1-3H3,(H,28,29)/p+1/t21-,22-/m1/s1. The number of hydrogen-bond acceptors (Lipinski definition) is 1. The Balaban J connectivity index is 1.51. The van der Waals surface area contributed by atoms with Gasteiger partial charge in [-0.15, -0.1) is 0 Å². The molecule has 4 heteroatoms. The summed E-state index contributed by atoms with van der Waals surface area (Å²) in [5.74, 6) is 1.85. The Labute approximate surface area is 172 Å². The number of nitrogens with one attached hydrogen (secondary N) is 2. The molecule has 0 radical (unpaired) electrons. The highest BCUT2D eigenvalue weighted by Gasteiger charge is 2.32. The Bertz CT molecular complexity index is 941. The van der Waals surface area contributed by atoms with Crippen molar-refractivity contribution >= 4 is 0 Å². The second-order valence-electron chi connectivity index (χ2n) is 9.17. The topological polar surface area (TPSA) is 42.8 Å². The number of H-pyrrole nitrogens is 2. The van der Waals surface area contributed by atoms with Gasteiger partial charge >= 0.3 is 0 Å². The van der Waals surface area contributed by atoms with Crippen LogP contribution in [0, 0.1) is 11.2 Å². The lowest BCUT2D eigenvalue weighted by Gasteiger charge is -2.21. The summed E-state index contributed by atoms with van der Waals surface area (Å²) in [6.07, 6.45) is 9.24. The first-order chi connectivity index (χ1) is 13.9. The Morgan fingerprint density at radius 1 is 1.10 bits per heavy atom. The fourth-order valence-electron chi connectivity index (χ4n) is 4.48. The molecule has 1 aliphatic carbocycles. The van der Waals surface area contributed by atoms with E-state index in [1.54, 1.807) is 6.07 Å². The molecule has 0 unspecified atom stereocenters. The van der Waals surface area contributed by atoms with Crippen molar-refractivity contribution in [2.75, 3.05) is 0 Å². The molecule has 0 bridgehead atoms. The van der Waals surface area contributed by atoms with Crippen LogP contribution in [0.4, 0.5) is 4.39 Å². The molecule has 2 aromatic heterocycles. The van der Waals surface area contributed by atoms with E-state index in [1.165, 1.54) is 42.8 Å². The van der Waals surface area contributed by atoms with Crippen molar-refractivity contribution in [3.8, 4) is 11.3 Å². The summed E-state index contributed by atoms with van der Waals surface area (Å²) in [5, 5.41) is 0. The summed E-state index contributed by atoms with van der Waals surface area (Å²) < 4.78 is 13.1. The molecule has 152 valence electrons. The molecule has 1 saturated carbocycles. The highest BCUT2D eigenvalue weighted by Crippen LogP contribution is 2.45. The van der Waals surface area contributed by atoms with Gasteiger partial charge in [-0.1, -0.05) is 45.7 Å². The molecule has 2 heterocycles.